The molecule has 29 heavy (non-hydrogen) atoms. The van der Waals surface area contributed by atoms with E-state index >= 15 is 0 Å². The molecule has 6 nitrogen and oxygen atoms in total. The van der Waals surface area contributed by atoms with Gasteiger partial charge in [0.05, 0.1) is 17.7 Å². The van der Waals surface area contributed by atoms with E-state index in [4.69, 9.17) is 9.26 Å². The number of benzene rings is 1. The number of carbonyl (C=O) groups is 1. The van der Waals surface area contributed by atoms with E-state index in [0.717, 1.165) is 67.4 Å². The predicted octanol–water partition coefficient (Wildman–Crippen LogP) is 3.44. The monoisotopic (exact) mass is 419 g/mol. The molecule has 1 spiro atoms. The van der Waals surface area contributed by atoms with E-state index in [9.17, 15) is 4.79 Å². The topological polar surface area (TPSA) is 67.6 Å². The quantitative estimate of drug-likeness (QED) is 0.804. The Morgan fingerprint density at radius 2 is 1.93 bits per heavy atom. The molecule has 1 amide bonds. The van der Waals surface area contributed by atoms with Crippen LogP contribution in [0.5, 0.6) is 5.75 Å². The summed E-state index contributed by atoms with van der Waals surface area (Å²) in [5.41, 5.74) is 3.31. The average molecular weight is 420 g/mol. The summed E-state index contributed by atoms with van der Waals surface area (Å²) in [6.45, 7) is 8.25. The van der Waals surface area contributed by atoms with Crippen LogP contribution in [0.3, 0.4) is 0 Å². The number of hydrogen-bond donors (Lipinski definition) is 1. The molecule has 1 N–H and O–H groups in total. The molecule has 0 aliphatic carbocycles. The molecule has 1 aromatic carbocycles. The zero-order valence-corrected chi connectivity index (χ0v) is 18.0. The minimum absolute atomic E-state index is 0. The standard InChI is InChI=1S/C22H29N3O3.ClH/c1-16-20(17(2)28-24-16)14-27-19-5-3-18(4-6-19)13-21(26)25-11-8-22(9-12-25)7-10-23-15-22;/h3-6,23H,7-15H2,1-2H3;1H. The number of amides is 1. The normalized spacial score (nSPS) is 17.9. The second kappa shape index (κ2) is 9.18. The van der Waals surface area contributed by atoms with Gasteiger partial charge in [-0.25, -0.2) is 0 Å². The van der Waals surface area contributed by atoms with Crippen molar-refractivity contribution in [3.05, 3.63) is 46.8 Å². The van der Waals surface area contributed by atoms with Crippen LogP contribution < -0.4 is 10.1 Å². The Hall–Kier alpha value is -2.05. The van der Waals surface area contributed by atoms with Crippen LogP contribution in [0.4, 0.5) is 0 Å². The highest BCUT2D eigenvalue weighted by molar-refractivity contribution is 5.85. The molecule has 4 rings (SSSR count). The summed E-state index contributed by atoms with van der Waals surface area (Å²) in [5, 5.41) is 7.42. The minimum atomic E-state index is 0. The van der Waals surface area contributed by atoms with E-state index < -0.39 is 0 Å². The third-order valence-electron chi connectivity index (χ3n) is 6.35. The van der Waals surface area contributed by atoms with Gasteiger partial charge in [0.25, 0.3) is 0 Å². The van der Waals surface area contributed by atoms with Gasteiger partial charge in [-0.1, -0.05) is 17.3 Å². The third-order valence-corrected chi connectivity index (χ3v) is 6.35. The van der Waals surface area contributed by atoms with E-state index in [1.165, 1.54) is 6.42 Å². The van der Waals surface area contributed by atoms with Gasteiger partial charge in [-0.15, -0.1) is 12.4 Å². The molecule has 3 heterocycles. The van der Waals surface area contributed by atoms with Gasteiger partial charge in [0, 0.05) is 19.6 Å². The van der Waals surface area contributed by atoms with Crippen molar-refractivity contribution in [2.24, 2.45) is 5.41 Å². The summed E-state index contributed by atoms with van der Waals surface area (Å²) in [6, 6.07) is 7.81. The molecular formula is C22H30ClN3O3. The summed E-state index contributed by atoms with van der Waals surface area (Å²) >= 11 is 0. The lowest BCUT2D eigenvalue weighted by molar-refractivity contribution is -0.132. The zero-order chi connectivity index (χ0) is 19.6. The van der Waals surface area contributed by atoms with Crippen LogP contribution in [0.2, 0.25) is 0 Å². The van der Waals surface area contributed by atoms with E-state index in [2.05, 4.69) is 10.5 Å². The number of aromatic nitrogens is 1. The Kier molecular flexibility index (Phi) is 6.85. The second-order valence-electron chi connectivity index (χ2n) is 8.22. The first-order valence-corrected chi connectivity index (χ1v) is 10.2. The van der Waals surface area contributed by atoms with Crippen LogP contribution in [0.25, 0.3) is 0 Å². The fourth-order valence-electron chi connectivity index (χ4n) is 4.31. The Labute approximate surface area is 178 Å². The van der Waals surface area contributed by atoms with Crippen molar-refractivity contribution in [2.75, 3.05) is 26.2 Å². The molecule has 0 unspecified atom stereocenters. The number of likely N-dealkylation sites (tertiary alicyclic amines) is 1. The summed E-state index contributed by atoms with van der Waals surface area (Å²) in [6.07, 6.45) is 3.96. The first kappa shape index (κ1) is 21.7. The van der Waals surface area contributed by atoms with E-state index in [-0.39, 0.29) is 18.3 Å². The van der Waals surface area contributed by atoms with Crippen molar-refractivity contribution >= 4 is 18.3 Å². The molecule has 2 fully saturated rings. The van der Waals surface area contributed by atoms with Gasteiger partial charge in [0.2, 0.25) is 5.91 Å². The molecule has 0 radical (unpaired) electrons. The van der Waals surface area contributed by atoms with Crippen LogP contribution in [-0.4, -0.2) is 42.1 Å². The van der Waals surface area contributed by atoms with Crippen molar-refractivity contribution in [3.63, 3.8) is 0 Å². The Balaban J connectivity index is 0.00000240. The van der Waals surface area contributed by atoms with Crippen LogP contribution in [0.1, 0.15) is 41.8 Å². The first-order chi connectivity index (χ1) is 13.5. The summed E-state index contributed by atoms with van der Waals surface area (Å²) in [5.74, 6) is 1.80. The molecule has 0 saturated carbocycles. The van der Waals surface area contributed by atoms with Crippen LogP contribution in [-0.2, 0) is 17.8 Å². The lowest BCUT2D eigenvalue weighted by atomic mass is 9.78. The zero-order valence-electron chi connectivity index (χ0n) is 17.2. The van der Waals surface area contributed by atoms with Gasteiger partial charge in [0.15, 0.2) is 0 Å². The summed E-state index contributed by atoms with van der Waals surface area (Å²) < 4.78 is 11.0. The summed E-state index contributed by atoms with van der Waals surface area (Å²) in [4.78, 5) is 14.7. The number of ether oxygens (including phenoxy) is 1. The highest BCUT2D eigenvalue weighted by Gasteiger charge is 2.37. The van der Waals surface area contributed by atoms with Gasteiger partial charge >= 0.3 is 0 Å². The van der Waals surface area contributed by atoms with E-state index in [1.54, 1.807) is 0 Å². The fourth-order valence-corrected chi connectivity index (χ4v) is 4.31. The maximum absolute atomic E-state index is 12.7. The SMILES string of the molecule is Cc1noc(C)c1COc1ccc(CC(=O)N2CCC3(CCNC3)CC2)cc1.Cl. The average Bonchev–Trinajstić information content (AvgIpc) is 3.28. The molecule has 158 valence electrons. The number of carbonyl (C=O) groups excluding carboxylic acids is 1. The largest absolute Gasteiger partial charge is 0.489 e. The summed E-state index contributed by atoms with van der Waals surface area (Å²) in [7, 11) is 0. The van der Waals surface area contributed by atoms with Gasteiger partial charge in [-0.2, -0.15) is 0 Å². The van der Waals surface area contributed by atoms with Crippen molar-refractivity contribution in [2.45, 2.75) is 46.1 Å². The number of rotatable bonds is 5. The molecule has 0 bridgehead atoms. The molecule has 2 aromatic rings. The van der Waals surface area contributed by atoms with Gasteiger partial charge < -0.3 is 19.5 Å². The lowest BCUT2D eigenvalue weighted by Crippen LogP contribution is -2.44. The van der Waals surface area contributed by atoms with Gasteiger partial charge in [-0.3, -0.25) is 4.79 Å². The Morgan fingerprint density at radius 1 is 1.21 bits per heavy atom. The number of hydrogen-bond acceptors (Lipinski definition) is 5. The Bertz CT molecular complexity index is 799. The molecule has 1 aromatic heterocycles. The van der Waals surface area contributed by atoms with Crippen molar-refractivity contribution < 1.29 is 14.1 Å². The molecule has 2 aliphatic heterocycles. The lowest BCUT2D eigenvalue weighted by Gasteiger charge is -2.39. The van der Waals surface area contributed by atoms with E-state index in [1.807, 2.05) is 43.0 Å². The minimum Gasteiger partial charge on any atom is -0.489 e. The molecular weight excluding hydrogens is 390 g/mol. The van der Waals surface area contributed by atoms with E-state index in [0.29, 0.717) is 18.4 Å². The molecule has 7 heteroatoms. The number of nitrogens with zero attached hydrogens (tertiary/aromatic N) is 2. The second-order valence-corrected chi connectivity index (χ2v) is 8.22. The number of piperidine rings is 1. The van der Waals surface area contributed by atoms with Crippen LogP contribution in [0, 0.1) is 19.3 Å². The van der Waals surface area contributed by atoms with Crippen LogP contribution >= 0.6 is 12.4 Å². The Morgan fingerprint density at radius 3 is 2.52 bits per heavy atom. The number of aryl methyl sites for hydroxylation is 2. The highest BCUT2D eigenvalue weighted by atomic mass is 35.5. The smallest absolute Gasteiger partial charge is 0.226 e. The van der Waals surface area contributed by atoms with Crippen LogP contribution in [0.15, 0.2) is 28.8 Å². The maximum Gasteiger partial charge on any atom is 0.226 e. The first-order valence-electron chi connectivity index (χ1n) is 10.2. The van der Waals surface area contributed by atoms with Crippen molar-refractivity contribution in [1.29, 1.82) is 0 Å². The highest BCUT2D eigenvalue weighted by Crippen LogP contribution is 2.37. The van der Waals surface area contributed by atoms with Gasteiger partial charge in [-0.05, 0) is 62.8 Å². The van der Waals surface area contributed by atoms with Crippen molar-refractivity contribution in [3.8, 4) is 5.75 Å². The predicted molar refractivity (Wildman–Crippen MR) is 113 cm³/mol. The van der Waals surface area contributed by atoms with Crippen molar-refractivity contribution in [1.82, 2.24) is 15.4 Å². The maximum atomic E-state index is 12.7. The third kappa shape index (κ3) is 4.93. The van der Waals surface area contributed by atoms with Gasteiger partial charge in [0.1, 0.15) is 18.1 Å². The molecule has 2 aliphatic rings. The fraction of sp³-hybridized carbons (Fsp3) is 0.545. The number of halogens is 1. The molecule has 2 saturated heterocycles. The number of nitrogens with one attached hydrogen (secondary N) is 1. The molecule has 0 atom stereocenters.